The third kappa shape index (κ3) is 55.4. The second-order valence-electron chi connectivity index (χ2n) is 18.8. The third-order valence-electron chi connectivity index (χ3n) is 12.1. The number of unbranched alkanes of at least 4 members (excludes halogenated alkanes) is 25. The zero-order valence-electron chi connectivity index (χ0n) is 44.8. The molecule has 0 fully saturated rings. The van der Waals surface area contributed by atoms with E-state index in [1.54, 1.807) is 0 Å². The zero-order chi connectivity index (χ0) is 49.2. The quantitative estimate of drug-likeness (QED) is 0.0345. The van der Waals surface area contributed by atoms with Crippen LogP contribution in [0.5, 0.6) is 0 Å². The van der Waals surface area contributed by atoms with E-state index in [0.717, 1.165) is 83.5 Å². The van der Waals surface area contributed by atoms with E-state index in [2.05, 4.69) is 118 Å². The fourth-order valence-corrected chi connectivity index (χ4v) is 7.81. The van der Waals surface area contributed by atoms with E-state index in [1.807, 2.05) is 0 Å². The van der Waals surface area contributed by atoms with Crippen molar-refractivity contribution in [2.75, 3.05) is 19.8 Å². The van der Waals surface area contributed by atoms with Crippen molar-refractivity contribution in [2.45, 2.75) is 271 Å². The van der Waals surface area contributed by atoms with Gasteiger partial charge in [-0.2, -0.15) is 0 Å². The molecule has 0 saturated carbocycles. The molecule has 1 atom stereocenters. The summed E-state index contributed by atoms with van der Waals surface area (Å²) in [5.41, 5.74) is 0. The van der Waals surface area contributed by atoms with Gasteiger partial charge < -0.3 is 14.2 Å². The Bertz CT molecular complexity index is 1300. The highest BCUT2D eigenvalue weighted by Crippen LogP contribution is 2.14. The van der Waals surface area contributed by atoms with Gasteiger partial charge in [0.05, 0.1) is 6.61 Å². The van der Waals surface area contributed by atoms with Crippen LogP contribution in [-0.4, -0.2) is 37.9 Å². The van der Waals surface area contributed by atoms with Crippen molar-refractivity contribution in [3.8, 4) is 0 Å². The number of hydrogen-bond acceptors (Lipinski definition) is 5. The molecule has 0 aliphatic rings. The van der Waals surface area contributed by atoms with Gasteiger partial charge in [0.15, 0.2) is 6.10 Å². The number of hydrogen-bond donors (Lipinski definition) is 0. The number of allylic oxidation sites excluding steroid dienone is 16. The molecule has 0 aliphatic heterocycles. The number of ether oxygens (including phenoxy) is 3. The lowest BCUT2D eigenvalue weighted by Gasteiger charge is -2.18. The normalized spacial score (nSPS) is 12.9. The summed E-state index contributed by atoms with van der Waals surface area (Å²) in [5, 5.41) is 0. The number of rotatable bonds is 52. The van der Waals surface area contributed by atoms with Gasteiger partial charge in [-0.15, -0.1) is 0 Å². The van der Waals surface area contributed by atoms with E-state index in [1.165, 1.54) is 148 Å². The number of carbonyl (C=O) groups excluding carboxylic acids is 2. The van der Waals surface area contributed by atoms with Gasteiger partial charge in [-0.25, -0.2) is 0 Å². The Balaban J connectivity index is 4.38. The van der Waals surface area contributed by atoms with Crippen molar-refractivity contribution in [1.29, 1.82) is 0 Å². The van der Waals surface area contributed by atoms with Crippen LogP contribution in [0.2, 0.25) is 0 Å². The van der Waals surface area contributed by atoms with E-state index in [9.17, 15) is 9.59 Å². The molecule has 390 valence electrons. The van der Waals surface area contributed by atoms with Crippen molar-refractivity contribution in [3.05, 3.63) is 97.2 Å². The van der Waals surface area contributed by atoms with Crippen molar-refractivity contribution in [3.63, 3.8) is 0 Å². The SMILES string of the molecule is CC/C=C\C/C=C\C/C=C\C/C=C\C/C=C\CCCC(=O)OC(COCCCCCCCC/C=C\C/C=C\CCCCC)COC(=O)CCCCCCCCCCC/C=C\CCCCCCCC. The minimum Gasteiger partial charge on any atom is -0.462 e. The molecular weight excluding hydrogens is 837 g/mol. The molecule has 0 aromatic rings. The van der Waals surface area contributed by atoms with E-state index in [0.29, 0.717) is 19.4 Å². The van der Waals surface area contributed by atoms with Crippen LogP contribution in [0.3, 0.4) is 0 Å². The summed E-state index contributed by atoms with van der Waals surface area (Å²) in [6.07, 6.45) is 78.6. The molecule has 0 spiro atoms. The number of carbonyl (C=O) groups is 2. The first-order valence-electron chi connectivity index (χ1n) is 28.8. The summed E-state index contributed by atoms with van der Waals surface area (Å²) in [7, 11) is 0. The molecule has 0 aromatic heterocycles. The van der Waals surface area contributed by atoms with Crippen LogP contribution in [-0.2, 0) is 23.8 Å². The lowest BCUT2D eigenvalue weighted by molar-refractivity contribution is -0.162. The highest BCUT2D eigenvalue weighted by atomic mass is 16.6. The Kier molecular flexibility index (Phi) is 55.4. The van der Waals surface area contributed by atoms with Crippen molar-refractivity contribution < 1.29 is 23.8 Å². The van der Waals surface area contributed by atoms with Gasteiger partial charge in [-0.1, -0.05) is 234 Å². The van der Waals surface area contributed by atoms with Gasteiger partial charge in [0, 0.05) is 19.4 Å². The summed E-state index contributed by atoms with van der Waals surface area (Å²) >= 11 is 0. The maximum Gasteiger partial charge on any atom is 0.306 e. The Morgan fingerprint density at radius 1 is 0.338 bits per heavy atom. The van der Waals surface area contributed by atoms with E-state index in [-0.39, 0.29) is 25.2 Å². The molecule has 5 nitrogen and oxygen atoms in total. The Morgan fingerprint density at radius 3 is 1.15 bits per heavy atom. The van der Waals surface area contributed by atoms with Gasteiger partial charge in [0.2, 0.25) is 0 Å². The van der Waals surface area contributed by atoms with E-state index >= 15 is 0 Å². The highest BCUT2D eigenvalue weighted by Gasteiger charge is 2.17. The predicted molar refractivity (Wildman–Crippen MR) is 297 cm³/mol. The van der Waals surface area contributed by atoms with E-state index < -0.39 is 6.10 Å². The molecule has 0 N–H and O–H groups in total. The topological polar surface area (TPSA) is 61.8 Å². The van der Waals surface area contributed by atoms with Crippen LogP contribution in [0.25, 0.3) is 0 Å². The van der Waals surface area contributed by atoms with Crippen LogP contribution in [0.4, 0.5) is 0 Å². The maximum atomic E-state index is 12.8. The number of esters is 2. The Labute approximate surface area is 422 Å². The van der Waals surface area contributed by atoms with Crippen molar-refractivity contribution in [1.82, 2.24) is 0 Å². The molecule has 0 radical (unpaired) electrons. The zero-order valence-corrected chi connectivity index (χ0v) is 44.8. The summed E-state index contributed by atoms with van der Waals surface area (Å²) in [4.78, 5) is 25.5. The molecule has 0 aromatic carbocycles. The lowest BCUT2D eigenvalue weighted by atomic mass is 10.1. The first-order valence-corrected chi connectivity index (χ1v) is 28.8. The summed E-state index contributed by atoms with van der Waals surface area (Å²) in [6, 6.07) is 0. The molecule has 1 unspecified atom stereocenters. The average molecular weight is 946 g/mol. The molecule has 68 heavy (non-hydrogen) atoms. The fraction of sp³-hybridized carbons (Fsp3) is 0.714. The van der Waals surface area contributed by atoms with Crippen LogP contribution >= 0.6 is 0 Å². The Hall–Kier alpha value is -3.18. The van der Waals surface area contributed by atoms with Crippen molar-refractivity contribution in [2.24, 2.45) is 0 Å². The van der Waals surface area contributed by atoms with Crippen molar-refractivity contribution >= 4 is 11.9 Å². The third-order valence-corrected chi connectivity index (χ3v) is 12.1. The summed E-state index contributed by atoms with van der Waals surface area (Å²) < 4.78 is 17.4. The van der Waals surface area contributed by atoms with Gasteiger partial charge >= 0.3 is 11.9 Å². The van der Waals surface area contributed by atoms with Crippen LogP contribution < -0.4 is 0 Å². The summed E-state index contributed by atoms with van der Waals surface area (Å²) in [6.45, 7) is 7.62. The molecule has 0 aliphatic carbocycles. The average Bonchev–Trinajstić information content (AvgIpc) is 3.34. The van der Waals surface area contributed by atoms with Crippen LogP contribution in [0.1, 0.15) is 265 Å². The van der Waals surface area contributed by atoms with Gasteiger partial charge in [0.1, 0.15) is 6.61 Å². The maximum absolute atomic E-state index is 12.8. The molecule has 0 rings (SSSR count). The molecule has 0 bridgehead atoms. The van der Waals surface area contributed by atoms with Gasteiger partial charge in [0.25, 0.3) is 0 Å². The lowest BCUT2D eigenvalue weighted by Crippen LogP contribution is -2.30. The highest BCUT2D eigenvalue weighted by molar-refractivity contribution is 5.70. The smallest absolute Gasteiger partial charge is 0.306 e. The van der Waals surface area contributed by atoms with Crippen LogP contribution in [0.15, 0.2) is 97.2 Å². The second kappa shape index (κ2) is 58.1. The Morgan fingerprint density at radius 2 is 0.676 bits per heavy atom. The predicted octanol–water partition coefficient (Wildman–Crippen LogP) is 19.8. The first-order chi connectivity index (χ1) is 33.6. The van der Waals surface area contributed by atoms with Crippen LogP contribution in [0, 0.1) is 0 Å². The standard InChI is InChI=1S/C63H108O5/c1-4-7-10-13-16-19-22-25-28-31-32-34-35-38-41-44-47-50-53-56-62(64)67-60-61(59-66-58-55-52-49-46-43-40-37-30-27-24-21-18-15-12-9-6-3)68-63(65)57-54-51-48-45-42-39-36-33-29-26-23-20-17-14-11-8-5-2/h8,11,17-18,20-21,25-30,36,39,45,48,61H,4-7,9-10,12-16,19,22-24,31-35,37-38,40-44,46-47,49-60H2,1-3H3/b11-8-,20-17-,21-18-,28-25-,29-26-,30-27-,39-36-,48-45-. The molecule has 5 heteroatoms. The molecule has 0 heterocycles. The monoisotopic (exact) mass is 945 g/mol. The minimum atomic E-state index is -0.578. The van der Waals surface area contributed by atoms with Gasteiger partial charge in [-0.3, -0.25) is 9.59 Å². The molecule has 0 saturated heterocycles. The minimum absolute atomic E-state index is 0.0535. The van der Waals surface area contributed by atoms with Gasteiger partial charge in [-0.05, 0) is 116 Å². The fourth-order valence-electron chi connectivity index (χ4n) is 7.81. The second-order valence-corrected chi connectivity index (χ2v) is 18.8. The largest absolute Gasteiger partial charge is 0.462 e. The first kappa shape index (κ1) is 64.8. The summed E-state index contributed by atoms with van der Waals surface area (Å²) in [5.74, 6) is -0.470. The molecule has 0 amide bonds. The van der Waals surface area contributed by atoms with E-state index in [4.69, 9.17) is 14.2 Å². The molecular formula is C63H108O5.